The van der Waals surface area contributed by atoms with E-state index >= 15 is 0 Å². The third-order valence-corrected chi connectivity index (χ3v) is 6.73. The van der Waals surface area contributed by atoms with Crippen molar-refractivity contribution in [3.05, 3.63) is 53.6 Å². The summed E-state index contributed by atoms with van der Waals surface area (Å²) in [7, 11) is 1.95. The maximum Gasteiger partial charge on any atom is 0.254 e. The summed E-state index contributed by atoms with van der Waals surface area (Å²) in [4.78, 5) is 27.3. The summed E-state index contributed by atoms with van der Waals surface area (Å²) in [5.74, 6) is 0.309. The van der Waals surface area contributed by atoms with Crippen LogP contribution in [0.2, 0.25) is 0 Å². The first kappa shape index (κ1) is 23.4. The second kappa shape index (κ2) is 10.00. The number of carbonyl (C=O) groups excluding carboxylic acids is 1. The van der Waals surface area contributed by atoms with Gasteiger partial charge in [-0.2, -0.15) is 5.10 Å². The molecule has 7 heteroatoms. The predicted octanol–water partition coefficient (Wildman–Crippen LogP) is 4.31. The highest BCUT2D eigenvalue weighted by Crippen LogP contribution is 2.27. The van der Waals surface area contributed by atoms with Crippen LogP contribution < -0.4 is 0 Å². The maximum absolute atomic E-state index is 13.6. The van der Waals surface area contributed by atoms with Crippen LogP contribution in [0.3, 0.4) is 0 Å². The van der Waals surface area contributed by atoms with E-state index in [9.17, 15) is 4.79 Å². The Morgan fingerprint density at radius 1 is 1.18 bits per heavy atom. The van der Waals surface area contributed by atoms with E-state index in [2.05, 4.69) is 48.7 Å². The van der Waals surface area contributed by atoms with Gasteiger partial charge in [0.25, 0.3) is 5.91 Å². The average molecular weight is 449 g/mol. The van der Waals surface area contributed by atoms with Crippen LogP contribution in [0.1, 0.15) is 74.2 Å². The van der Waals surface area contributed by atoms with Crippen molar-refractivity contribution in [3.63, 3.8) is 0 Å². The Kier molecular flexibility index (Phi) is 7.08. The van der Waals surface area contributed by atoms with Crippen LogP contribution in [0, 0.1) is 0 Å². The fourth-order valence-electron chi connectivity index (χ4n) is 4.59. The zero-order valence-corrected chi connectivity index (χ0v) is 20.5. The molecule has 0 spiro atoms. The molecule has 33 heavy (non-hydrogen) atoms. The van der Waals surface area contributed by atoms with Crippen molar-refractivity contribution in [2.75, 3.05) is 26.7 Å². The molecular weight excluding hydrogens is 412 g/mol. The first-order valence-electron chi connectivity index (χ1n) is 12.1. The molecule has 0 atom stereocenters. The van der Waals surface area contributed by atoms with Crippen LogP contribution in [-0.2, 0) is 6.42 Å². The van der Waals surface area contributed by atoms with Crippen LogP contribution in [0.5, 0.6) is 0 Å². The molecule has 1 fully saturated rings. The quantitative estimate of drug-likeness (QED) is 0.539. The van der Waals surface area contributed by atoms with Crippen LogP contribution in [0.4, 0.5) is 0 Å². The van der Waals surface area contributed by atoms with E-state index in [1.807, 2.05) is 41.0 Å². The molecule has 0 aliphatic carbocycles. The largest absolute Gasteiger partial charge is 0.339 e. The molecule has 0 aromatic carbocycles. The molecule has 0 bridgehead atoms. The lowest BCUT2D eigenvalue weighted by molar-refractivity contribution is 0.0645. The first-order valence-corrected chi connectivity index (χ1v) is 12.1. The minimum absolute atomic E-state index is 0.0690. The third-order valence-electron chi connectivity index (χ3n) is 6.73. The summed E-state index contributed by atoms with van der Waals surface area (Å²) in [5.41, 5.74) is 3.59. The number of fused-ring (bicyclic) bond motifs is 1. The molecule has 1 aliphatic rings. The highest BCUT2D eigenvalue weighted by molar-refractivity contribution is 6.05. The van der Waals surface area contributed by atoms with E-state index in [1.165, 1.54) is 0 Å². The number of hydrogen-bond acceptors (Lipinski definition) is 5. The van der Waals surface area contributed by atoms with Gasteiger partial charge < -0.3 is 9.80 Å². The van der Waals surface area contributed by atoms with Gasteiger partial charge in [0.05, 0.1) is 17.1 Å². The van der Waals surface area contributed by atoms with Gasteiger partial charge in [-0.3, -0.25) is 9.78 Å². The van der Waals surface area contributed by atoms with Crippen molar-refractivity contribution in [1.82, 2.24) is 29.5 Å². The Morgan fingerprint density at radius 2 is 1.94 bits per heavy atom. The summed E-state index contributed by atoms with van der Waals surface area (Å²) in [6.07, 6.45) is 6.59. The van der Waals surface area contributed by atoms with E-state index < -0.39 is 0 Å². The van der Waals surface area contributed by atoms with Gasteiger partial charge in [-0.15, -0.1) is 0 Å². The van der Waals surface area contributed by atoms with Crippen LogP contribution in [0.25, 0.3) is 11.0 Å². The van der Waals surface area contributed by atoms with E-state index in [-0.39, 0.29) is 23.9 Å². The molecule has 1 saturated heterocycles. The van der Waals surface area contributed by atoms with Crippen molar-refractivity contribution >= 4 is 16.9 Å². The summed E-state index contributed by atoms with van der Waals surface area (Å²) >= 11 is 0. The molecule has 1 amide bonds. The lowest BCUT2D eigenvalue weighted by Crippen LogP contribution is -2.46. The monoisotopic (exact) mass is 448 g/mol. The van der Waals surface area contributed by atoms with E-state index in [0.29, 0.717) is 0 Å². The SMILES string of the molecule is CC(C)c1cc(C(=O)N(C)C2CCN(CCc3ccccn3)CC2)c2cnn(C(C)C)c2n1. The molecule has 4 rings (SSSR count). The standard InChI is InChI=1S/C26H36N6O/c1-18(2)24-16-22(23-17-28-32(19(3)4)25(23)29-24)26(33)30(5)21-10-14-31(15-11-21)13-9-20-8-6-7-12-27-20/h6-8,12,16-19,21H,9-11,13-15H2,1-5H3. The fraction of sp³-hybridized carbons (Fsp3) is 0.538. The molecule has 0 unspecified atom stereocenters. The predicted molar refractivity (Wildman–Crippen MR) is 131 cm³/mol. The molecule has 1 aliphatic heterocycles. The lowest BCUT2D eigenvalue weighted by atomic mass is 10.0. The van der Waals surface area contributed by atoms with Gasteiger partial charge in [-0.1, -0.05) is 19.9 Å². The molecule has 3 aromatic rings. The molecule has 176 valence electrons. The van der Waals surface area contributed by atoms with Crippen molar-refractivity contribution in [1.29, 1.82) is 0 Å². The van der Waals surface area contributed by atoms with E-state index in [0.717, 1.165) is 66.9 Å². The zero-order chi connectivity index (χ0) is 23.5. The summed E-state index contributed by atoms with van der Waals surface area (Å²) in [5, 5.41) is 5.38. The zero-order valence-electron chi connectivity index (χ0n) is 20.5. The van der Waals surface area contributed by atoms with E-state index in [1.54, 1.807) is 6.20 Å². The Morgan fingerprint density at radius 3 is 2.58 bits per heavy atom. The molecule has 0 saturated carbocycles. The number of amides is 1. The second-order valence-electron chi connectivity index (χ2n) is 9.73. The smallest absolute Gasteiger partial charge is 0.254 e. The number of likely N-dealkylation sites (tertiary alicyclic amines) is 1. The van der Waals surface area contributed by atoms with Gasteiger partial charge in [-0.05, 0) is 50.8 Å². The number of aromatic nitrogens is 4. The van der Waals surface area contributed by atoms with Gasteiger partial charge in [0.15, 0.2) is 5.65 Å². The Hall–Kier alpha value is -2.80. The normalized spacial score (nSPS) is 15.6. The molecule has 0 N–H and O–H groups in total. The fourth-order valence-corrected chi connectivity index (χ4v) is 4.59. The number of piperidine rings is 1. The number of pyridine rings is 2. The van der Waals surface area contributed by atoms with Crippen LogP contribution in [-0.4, -0.2) is 68.2 Å². The van der Waals surface area contributed by atoms with Crippen LogP contribution >= 0.6 is 0 Å². The summed E-state index contributed by atoms with van der Waals surface area (Å²) in [6, 6.07) is 8.49. The van der Waals surface area contributed by atoms with Gasteiger partial charge in [0.2, 0.25) is 0 Å². The van der Waals surface area contributed by atoms with Crippen molar-refractivity contribution in [2.24, 2.45) is 0 Å². The van der Waals surface area contributed by atoms with Gasteiger partial charge in [0.1, 0.15) is 0 Å². The third kappa shape index (κ3) is 5.08. The number of hydrogen-bond donors (Lipinski definition) is 0. The highest BCUT2D eigenvalue weighted by Gasteiger charge is 2.28. The van der Waals surface area contributed by atoms with Crippen LogP contribution in [0.15, 0.2) is 36.7 Å². The molecule has 3 aromatic heterocycles. The van der Waals surface area contributed by atoms with Crippen molar-refractivity contribution in [3.8, 4) is 0 Å². The van der Waals surface area contributed by atoms with Crippen molar-refractivity contribution in [2.45, 2.75) is 65.0 Å². The maximum atomic E-state index is 13.6. The topological polar surface area (TPSA) is 67.2 Å². The van der Waals surface area contributed by atoms with E-state index in [4.69, 9.17) is 4.98 Å². The minimum Gasteiger partial charge on any atom is -0.339 e. The Labute approximate surface area is 196 Å². The Balaban J connectivity index is 1.46. The first-order chi connectivity index (χ1) is 15.8. The molecule has 4 heterocycles. The minimum atomic E-state index is 0.0690. The Bertz CT molecular complexity index is 1080. The lowest BCUT2D eigenvalue weighted by Gasteiger charge is -2.37. The van der Waals surface area contributed by atoms with Crippen molar-refractivity contribution < 1.29 is 4.79 Å². The van der Waals surface area contributed by atoms with Gasteiger partial charge in [-0.25, -0.2) is 9.67 Å². The highest BCUT2D eigenvalue weighted by atomic mass is 16.2. The van der Waals surface area contributed by atoms with Gasteiger partial charge >= 0.3 is 0 Å². The molecular formula is C26H36N6O. The second-order valence-corrected chi connectivity index (χ2v) is 9.73. The average Bonchev–Trinajstić information content (AvgIpc) is 3.26. The summed E-state index contributed by atoms with van der Waals surface area (Å²) < 4.78 is 1.91. The molecule has 7 nitrogen and oxygen atoms in total. The summed E-state index contributed by atoms with van der Waals surface area (Å²) in [6.45, 7) is 11.4. The number of rotatable bonds is 7. The molecule has 0 radical (unpaired) electrons. The number of carbonyl (C=O) groups is 1. The number of nitrogens with zero attached hydrogens (tertiary/aromatic N) is 6. The van der Waals surface area contributed by atoms with Gasteiger partial charge in [0, 0.05) is 62.8 Å².